The van der Waals surface area contributed by atoms with E-state index in [9.17, 15) is 9.59 Å². The molecule has 0 aromatic heterocycles. The van der Waals surface area contributed by atoms with Crippen molar-refractivity contribution in [3.05, 3.63) is 29.8 Å². The zero-order valence-electron chi connectivity index (χ0n) is 11.7. The number of hydrogen-bond acceptors (Lipinski definition) is 3. The van der Waals surface area contributed by atoms with Crippen LogP contribution >= 0.6 is 0 Å². The van der Waals surface area contributed by atoms with Crippen LogP contribution in [0.5, 0.6) is 5.75 Å². The number of amides is 1. The second-order valence-corrected chi connectivity index (χ2v) is 5.88. The van der Waals surface area contributed by atoms with Crippen LogP contribution in [0, 0.1) is 11.8 Å². The van der Waals surface area contributed by atoms with Crippen molar-refractivity contribution in [2.24, 2.45) is 11.8 Å². The van der Waals surface area contributed by atoms with Crippen molar-refractivity contribution in [2.75, 3.05) is 6.61 Å². The molecule has 1 amide bonds. The number of hydrogen-bond donors (Lipinski definition) is 2. The maximum absolute atomic E-state index is 12.3. The van der Waals surface area contributed by atoms with E-state index in [1.165, 1.54) is 25.7 Å². The Kier molecular flexibility index (Phi) is 3.82. The summed E-state index contributed by atoms with van der Waals surface area (Å²) in [4.78, 5) is 22.8. The zero-order chi connectivity index (χ0) is 14.8. The number of carbonyl (C=O) groups excluding carboxylic acids is 1. The molecule has 0 aliphatic heterocycles. The molecule has 2 fully saturated rings. The number of carboxylic acid groups (broad SMARTS) is 1. The molecule has 5 heteroatoms. The number of rotatable bonds is 7. The molecule has 3 rings (SSSR count). The predicted molar refractivity (Wildman–Crippen MR) is 76.3 cm³/mol. The summed E-state index contributed by atoms with van der Waals surface area (Å²) >= 11 is 0. The Morgan fingerprint density at radius 3 is 2.48 bits per heavy atom. The summed E-state index contributed by atoms with van der Waals surface area (Å²) in [5.41, 5.74) is 0.518. The van der Waals surface area contributed by atoms with Crippen LogP contribution in [-0.2, 0) is 4.79 Å². The molecule has 0 atom stereocenters. The van der Waals surface area contributed by atoms with E-state index in [1.807, 2.05) is 0 Å². The first kappa shape index (κ1) is 13.9. The van der Waals surface area contributed by atoms with Crippen LogP contribution in [0.4, 0.5) is 0 Å². The number of carbonyl (C=O) groups is 2. The Balaban J connectivity index is 1.63. The molecule has 0 bridgehead atoms. The highest BCUT2D eigenvalue weighted by Crippen LogP contribution is 2.44. The Labute approximate surface area is 123 Å². The highest BCUT2D eigenvalue weighted by molar-refractivity contribution is 5.94. The molecule has 1 aromatic carbocycles. The third-order valence-corrected chi connectivity index (χ3v) is 4.02. The average molecular weight is 289 g/mol. The van der Waals surface area contributed by atoms with E-state index in [0.717, 1.165) is 0 Å². The van der Waals surface area contributed by atoms with Gasteiger partial charge in [-0.2, -0.15) is 0 Å². The van der Waals surface area contributed by atoms with Crippen LogP contribution in [0.3, 0.4) is 0 Å². The van der Waals surface area contributed by atoms with Gasteiger partial charge in [0.15, 0.2) is 6.61 Å². The highest BCUT2D eigenvalue weighted by Gasteiger charge is 2.42. The zero-order valence-corrected chi connectivity index (χ0v) is 11.7. The first-order valence-corrected chi connectivity index (χ1v) is 7.39. The standard InChI is InChI=1S/C16H19NO4/c18-14(19)9-21-13-3-1-2-12(8-13)16(20)17-15(10-4-5-10)11-6-7-11/h1-3,8,10-11,15H,4-7,9H2,(H,17,20)(H,18,19). The van der Waals surface area contributed by atoms with Gasteiger partial charge in [0.05, 0.1) is 0 Å². The lowest BCUT2D eigenvalue weighted by Gasteiger charge is -2.17. The Morgan fingerprint density at radius 2 is 1.90 bits per heavy atom. The molecule has 0 heterocycles. The molecule has 2 aliphatic carbocycles. The number of nitrogens with one attached hydrogen (secondary N) is 1. The fraction of sp³-hybridized carbons (Fsp3) is 0.500. The molecule has 112 valence electrons. The van der Waals surface area contributed by atoms with Crippen LogP contribution < -0.4 is 10.1 Å². The number of carboxylic acids is 1. The molecular formula is C16H19NO4. The minimum atomic E-state index is -1.03. The molecule has 0 spiro atoms. The third-order valence-electron chi connectivity index (χ3n) is 4.02. The van der Waals surface area contributed by atoms with Crippen LogP contribution in [-0.4, -0.2) is 29.6 Å². The normalized spacial score (nSPS) is 17.6. The summed E-state index contributed by atoms with van der Waals surface area (Å²) in [6, 6.07) is 6.98. The van der Waals surface area contributed by atoms with Crippen LogP contribution in [0.15, 0.2) is 24.3 Å². The predicted octanol–water partition coefficient (Wildman–Crippen LogP) is 2.07. The van der Waals surface area contributed by atoms with E-state index < -0.39 is 12.6 Å². The number of benzene rings is 1. The van der Waals surface area contributed by atoms with Crippen LogP contribution in [0.1, 0.15) is 36.0 Å². The van der Waals surface area contributed by atoms with Gasteiger partial charge in [0.1, 0.15) is 5.75 Å². The maximum Gasteiger partial charge on any atom is 0.341 e. The molecule has 2 N–H and O–H groups in total. The smallest absolute Gasteiger partial charge is 0.341 e. The van der Waals surface area contributed by atoms with Crippen molar-refractivity contribution in [1.29, 1.82) is 0 Å². The minimum Gasteiger partial charge on any atom is -0.482 e. The van der Waals surface area contributed by atoms with Gasteiger partial charge in [0, 0.05) is 11.6 Å². The fourth-order valence-electron chi connectivity index (χ4n) is 2.64. The van der Waals surface area contributed by atoms with Gasteiger partial charge in [-0.05, 0) is 55.7 Å². The summed E-state index contributed by atoms with van der Waals surface area (Å²) < 4.78 is 5.10. The van der Waals surface area contributed by atoms with Gasteiger partial charge in [0.2, 0.25) is 0 Å². The average Bonchev–Trinajstić information content (AvgIpc) is 3.36. The van der Waals surface area contributed by atoms with Crippen molar-refractivity contribution in [1.82, 2.24) is 5.32 Å². The first-order valence-electron chi connectivity index (χ1n) is 7.39. The Bertz CT molecular complexity index is 537. The van der Waals surface area contributed by atoms with Crippen molar-refractivity contribution >= 4 is 11.9 Å². The largest absolute Gasteiger partial charge is 0.482 e. The van der Waals surface area contributed by atoms with E-state index in [1.54, 1.807) is 24.3 Å². The van der Waals surface area contributed by atoms with Gasteiger partial charge in [-0.1, -0.05) is 6.07 Å². The lowest BCUT2D eigenvalue weighted by molar-refractivity contribution is -0.139. The minimum absolute atomic E-state index is 0.0976. The van der Waals surface area contributed by atoms with Gasteiger partial charge in [0.25, 0.3) is 5.91 Å². The molecule has 21 heavy (non-hydrogen) atoms. The third kappa shape index (κ3) is 3.74. The van der Waals surface area contributed by atoms with E-state index in [0.29, 0.717) is 29.2 Å². The fourth-order valence-corrected chi connectivity index (χ4v) is 2.64. The summed E-state index contributed by atoms with van der Waals surface area (Å²) in [6.45, 7) is -0.405. The second-order valence-electron chi connectivity index (χ2n) is 5.88. The van der Waals surface area contributed by atoms with Crippen molar-refractivity contribution in [2.45, 2.75) is 31.7 Å². The van der Waals surface area contributed by atoms with Crippen LogP contribution in [0.25, 0.3) is 0 Å². The van der Waals surface area contributed by atoms with E-state index in [2.05, 4.69) is 5.32 Å². The monoisotopic (exact) mass is 289 g/mol. The summed E-state index contributed by atoms with van der Waals surface area (Å²) in [7, 11) is 0. The topological polar surface area (TPSA) is 75.6 Å². The van der Waals surface area contributed by atoms with Gasteiger partial charge >= 0.3 is 5.97 Å². The highest BCUT2D eigenvalue weighted by atomic mass is 16.5. The SMILES string of the molecule is O=C(O)COc1cccc(C(=O)NC(C2CC2)C2CC2)c1. The van der Waals surface area contributed by atoms with Crippen LogP contribution in [0.2, 0.25) is 0 Å². The molecule has 0 unspecified atom stereocenters. The Hall–Kier alpha value is -2.04. The van der Waals surface area contributed by atoms with E-state index in [4.69, 9.17) is 9.84 Å². The molecule has 2 saturated carbocycles. The molecule has 0 saturated heterocycles. The molecule has 2 aliphatic rings. The van der Waals surface area contributed by atoms with E-state index in [-0.39, 0.29) is 5.91 Å². The lowest BCUT2D eigenvalue weighted by atomic mass is 10.1. The van der Waals surface area contributed by atoms with Gasteiger partial charge in [-0.3, -0.25) is 4.79 Å². The van der Waals surface area contributed by atoms with Gasteiger partial charge < -0.3 is 15.2 Å². The van der Waals surface area contributed by atoms with E-state index >= 15 is 0 Å². The molecular weight excluding hydrogens is 270 g/mol. The number of ether oxygens (including phenoxy) is 1. The van der Waals surface area contributed by atoms with Crippen molar-refractivity contribution in [3.63, 3.8) is 0 Å². The van der Waals surface area contributed by atoms with Crippen molar-refractivity contribution < 1.29 is 19.4 Å². The van der Waals surface area contributed by atoms with Gasteiger partial charge in [-0.15, -0.1) is 0 Å². The number of aliphatic carboxylic acids is 1. The quantitative estimate of drug-likeness (QED) is 0.805. The summed E-state index contributed by atoms with van der Waals surface area (Å²) in [6.07, 6.45) is 4.85. The molecule has 0 radical (unpaired) electrons. The Morgan fingerprint density at radius 1 is 1.24 bits per heavy atom. The molecule has 5 nitrogen and oxygen atoms in total. The van der Waals surface area contributed by atoms with Gasteiger partial charge in [-0.25, -0.2) is 4.79 Å². The summed E-state index contributed by atoms with van der Waals surface area (Å²) in [5, 5.41) is 11.7. The maximum atomic E-state index is 12.3. The lowest BCUT2D eigenvalue weighted by Crippen LogP contribution is -2.38. The summed E-state index contributed by atoms with van der Waals surface area (Å²) in [5.74, 6) is 0.562. The van der Waals surface area contributed by atoms with Crippen molar-refractivity contribution in [3.8, 4) is 5.75 Å². The first-order chi connectivity index (χ1) is 10.1. The second kappa shape index (κ2) is 5.76. The molecule has 1 aromatic rings.